The Morgan fingerprint density at radius 1 is 0.963 bits per heavy atom. The van der Waals surface area contributed by atoms with Crippen molar-refractivity contribution >= 4 is 11.7 Å². The molecule has 1 heterocycles. The monoisotopic (exact) mass is 366 g/mol. The molecule has 0 saturated carbocycles. The van der Waals surface area contributed by atoms with Gasteiger partial charge in [0.1, 0.15) is 0 Å². The molecular weight excluding hydrogens is 336 g/mol. The van der Waals surface area contributed by atoms with Crippen molar-refractivity contribution in [3.63, 3.8) is 0 Å². The average Bonchev–Trinajstić information content (AvgIpc) is 2.73. The van der Waals surface area contributed by atoms with Gasteiger partial charge in [-0.3, -0.25) is 4.90 Å². The molecule has 0 radical (unpaired) electrons. The molecule has 0 spiro atoms. The van der Waals surface area contributed by atoms with Gasteiger partial charge in [0.2, 0.25) is 0 Å². The van der Waals surface area contributed by atoms with Crippen LogP contribution in [-0.2, 0) is 0 Å². The van der Waals surface area contributed by atoms with Crippen LogP contribution in [0.25, 0.3) is 0 Å². The zero-order chi connectivity index (χ0) is 18.9. The Morgan fingerprint density at radius 3 is 2.26 bits per heavy atom. The number of hydrogen-bond donors (Lipinski definition) is 2. The first-order valence-electron chi connectivity index (χ1n) is 9.84. The Balaban J connectivity index is 1.29. The van der Waals surface area contributed by atoms with Crippen LogP contribution in [0.1, 0.15) is 24.9 Å². The summed E-state index contributed by atoms with van der Waals surface area (Å²) in [5.74, 6) is 0. The molecule has 2 N–H and O–H groups in total. The second kappa shape index (κ2) is 9.97. The number of para-hydroxylation sites is 1. The van der Waals surface area contributed by atoms with Gasteiger partial charge in [0.05, 0.1) is 6.04 Å². The van der Waals surface area contributed by atoms with Crippen molar-refractivity contribution in [2.24, 2.45) is 0 Å². The summed E-state index contributed by atoms with van der Waals surface area (Å²) in [7, 11) is 0. The number of urea groups is 1. The van der Waals surface area contributed by atoms with E-state index in [4.69, 9.17) is 0 Å². The molecule has 1 fully saturated rings. The number of carbonyl (C=O) groups is 1. The lowest BCUT2D eigenvalue weighted by Gasteiger charge is -2.36. The van der Waals surface area contributed by atoms with Crippen LogP contribution in [-0.4, -0.2) is 50.2 Å². The van der Waals surface area contributed by atoms with Crippen LogP contribution in [0, 0.1) is 0 Å². The zero-order valence-electron chi connectivity index (χ0n) is 16.1. The first-order valence-corrected chi connectivity index (χ1v) is 9.84. The van der Waals surface area contributed by atoms with Crippen LogP contribution >= 0.6 is 0 Å². The third-order valence-corrected chi connectivity index (χ3v) is 5.08. The number of nitrogens with one attached hydrogen (secondary N) is 2. The summed E-state index contributed by atoms with van der Waals surface area (Å²) in [6.07, 6.45) is 0.971. The van der Waals surface area contributed by atoms with Gasteiger partial charge in [0.25, 0.3) is 0 Å². The number of piperazine rings is 1. The maximum absolute atomic E-state index is 12.0. The summed E-state index contributed by atoms with van der Waals surface area (Å²) in [4.78, 5) is 17.0. The molecule has 5 nitrogen and oxygen atoms in total. The highest BCUT2D eigenvalue weighted by Gasteiger charge is 2.16. The van der Waals surface area contributed by atoms with Crippen LogP contribution in [0.15, 0.2) is 60.7 Å². The predicted molar refractivity (Wildman–Crippen MR) is 111 cm³/mol. The van der Waals surface area contributed by atoms with E-state index in [0.717, 1.165) is 44.7 Å². The van der Waals surface area contributed by atoms with E-state index in [1.54, 1.807) is 0 Å². The predicted octanol–water partition coefficient (Wildman–Crippen LogP) is 3.26. The number of amides is 2. The highest BCUT2D eigenvalue weighted by molar-refractivity contribution is 5.74. The third-order valence-electron chi connectivity index (χ3n) is 5.08. The standard InChI is InChI=1S/C22H30N4O/c1-19(20-9-4-2-5-10-20)24-22(27)23-13-8-14-25-15-17-26(18-16-25)21-11-6-3-7-12-21/h2-7,9-12,19H,8,13-18H2,1H3,(H2,23,24,27)/t19-/m0/s1. The summed E-state index contributed by atoms with van der Waals surface area (Å²) in [6, 6.07) is 20.5. The molecule has 1 aliphatic rings. The van der Waals surface area contributed by atoms with E-state index in [-0.39, 0.29) is 12.1 Å². The molecule has 0 aliphatic carbocycles. The summed E-state index contributed by atoms with van der Waals surface area (Å²) >= 11 is 0. The van der Waals surface area contributed by atoms with E-state index >= 15 is 0 Å². The van der Waals surface area contributed by atoms with Crippen LogP contribution in [0.4, 0.5) is 10.5 Å². The lowest BCUT2D eigenvalue weighted by molar-refractivity contribution is 0.233. The van der Waals surface area contributed by atoms with Crippen molar-refractivity contribution in [3.8, 4) is 0 Å². The van der Waals surface area contributed by atoms with Crippen molar-refractivity contribution < 1.29 is 4.79 Å². The summed E-state index contributed by atoms with van der Waals surface area (Å²) in [5, 5.41) is 5.96. The molecule has 2 aromatic carbocycles. The largest absolute Gasteiger partial charge is 0.369 e. The second-order valence-electron chi connectivity index (χ2n) is 7.05. The van der Waals surface area contributed by atoms with E-state index in [1.807, 2.05) is 37.3 Å². The van der Waals surface area contributed by atoms with E-state index < -0.39 is 0 Å². The van der Waals surface area contributed by atoms with E-state index in [1.165, 1.54) is 5.69 Å². The fourth-order valence-corrected chi connectivity index (χ4v) is 3.45. The molecule has 144 valence electrons. The molecule has 27 heavy (non-hydrogen) atoms. The normalized spacial score (nSPS) is 16.0. The molecule has 3 rings (SSSR count). The summed E-state index contributed by atoms with van der Waals surface area (Å²) in [6.45, 7) is 8.00. The van der Waals surface area contributed by atoms with Crippen molar-refractivity contribution in [2.45, 2.75) is 19.4 Å². The number of rotatable bonds is 7. The van der Waals surface area contributed by atoms with E-state index in [0.29, 0.717) is 6.54 Å². The quantitative estimate of drug-likeness (QED) is 0.740. The first-order chi connectivity index (χ1) is 13.2. The fourth-order valence-electron chi connectivity index (χ4n) is 3.45. The van der Waals surface area contributed by atoms with Gasteiger partial charge in [-0.05, 0) is 37.6 Å². The zero-order valence-corrected chi connectivity index (χ0v) is 16.1. The van der Waals surface area contributed by atoms with Gasteiger partial charge in [-0.15, -0.1) is 0 Å². The Kier molecular flexibility index (Phi) is 7.11. The van der Waals surface area contributed by atoms with Crippen LogP contribution < -0.4 is 15.5 Å². The van der Waals surface area contributed by atoms with Crippen LogP contribution in [0.5, 0.6) is 0 Å². The number of anilines is 1. The second-order valence-corrected chi connectivity index (χ2v) is 7.05. The number of hydrogen-bond acceptors (Lipinski definition) is 3. The van der Waals surface area contributed by atoms with Gasteiger partial charge in [0.15, 0.2) is 0 Å². The highest BCUT2D eigenvalue weighted by Crippen LogP contribution is 2.15. The third kappa shape index (κ3) is 6.00. The minimum Gasteiger partial charge on any atom is -0.369 e. The molecule has 2 amide bonds. The maximum atomic E-state index is 12.0. The van der Waals surface area contributed by atoms with Crippen molar-refractivity contribution in [1.82, 2.24) is 15.5 Å². The highest BCUT2D eigenvalue weighted by atomic mass is 16.2. The molecule has 1 atom stereocenters. The van der Waals surface area contributed by atoms with Gasteiger partial charge >= 0.3 is 6.03 Å². The Bertz CT molecular complexity index is 684. The summed E-state index contributed by atoms with van der Waals surface area (Å²) < 4.78 is 0. The molecule has 0 aromatic heterocycles. The minimum atomic E-state index is -0.0970. The maximum Gasteiger partial charge on any atom is 0.315 e. The van der Waals surface area contributed by atoms with E-state index in [9.17, 15) is 4.79 Å². The van der Waals surface area contributed by atoms with E-state index in [2.05, 4.69) is 50.8 Å². The molecule has 0 bridgehead atoms. The smallest absolute Gasteiger partial charge is 0.315 e. The van der Waals surface area contributed by atoms with Gasteiger partial charge in [-0.1, -0.05) is 48.5 Å². The lowest BCUT2D eigenvalue weighted by atomic mass is 10.1. The van der Waals surface area contributed by atoms with Gasteiger partial charge in [-0.25, -0.2) is 4.79 Å². The SMILES string of the molecule is C[C@H](NC(=O)NCCCN1CCN(c2ccccc2)CC1)c1ccccc1. The number of nitrogens with zero attached hydrogens (tertiary/aromatic N) is 2. The molecule has 1 saturated heterocycles. The van der Waals surface area contributed by atoms with Crippen molar-refractivity contribution in [1.29, 1.82) is 0 Å². The lowest BCUT2D eigenvalue weighted by Crippen LogP contribution is -2.47. The van der Waals surface area contributed by atoms with Crippen molar-refractivity contribution in [3.05, 3.63) is 66.2 Å². The van der Waals surface area contributed by atoms with Crippen LogP contribution in [0.2, 0.25) is 0 Å². The molecule has 5 heteroatoms. The first kappa shape index (κ1) is 19.2. The summed E-state index contributed by atoms with van der Waals surface area (Å²) in [5.41, 5.74) is 2.42. The Hall–Kier alpha value is -2.53. The van der Waals surface area contributed by atoms with Gasteiger partial charge < -0.3 is 15.5 Å². The minimum absolute atomic E-state index is 0.0114. The topological polar surface area (TPSA) is 47.6 Å². The fraction of sp³-hybridized carbons (Fsp3) is 0.409. The molecule has 0 unspecified atom stereocenters. The van der Waals surface area contributed by atoms with Gasteiger partial charge in [0, 0.05) is 38.4 Å². The van der Waals surface area contributed by atoms with Crippen LogP contribution in [0.3, 0.4) is 0 Å². The molecule has 1 aliphatic heterocycles. The molecular formula is C22H30N4O. The molecule has 2 aromatic rings. The number of carbonyl (C=O) groups excluding carboxylic acids is 1. The average molecular weight is 367 g/mol. The van der Waals surface area contributed by atoms with Crippen molar-refractivity contribution in [2.75, 3.05) is 44.2 Å². The van der Waals surface area contributed by atoms with Gasteiger partial charge in [-0.2, -0.15) is 0 Å². The Morgan fingerprint density at radius 2 is 1.59 bits per heavy atom. The number of benzene rings is 2. The Labute approximate surface area is 162 Å².